The van der Waals surface area contributed by atoms with Gasteiger partial charge >= 0.3 is 12.1 Å². The number of hydrogen-bond acceptors (Lipinski definition) is 6. The number of alkyl halides is 3. The molecule has 0 aliphatic carbocycles. The van der Waals surface area contributed by atoms with Gasteiger partial charge in [0.25, 0.3) is 5.56 Å². The number of esters is 1. The number of rotatable bonds is 6. The molecule has 0 saturated carbocycles. The Labute approximate surface area is 231 Å². The highest BCUT2D eigenvalue weighted by Crippen LogP contribution is 2.35. The predicted octanol–water partition coefficient (Wildman–Crippen LogP) is 6.43. The molecule has 38 heavy (non-hydrogen) atoms. The summed E-state index contributed by atoms with van der Waals surface area (Å²) in [5, 5.41) is 4.54. The Balaban J connectivity index is 1.81. The largest absolute Gasteiger partial charge is 0.477 e. The van der Waals surface area contributed by atoms with Crippen molar-refractivity contribution < 1.29 is 27.4 Å². The van der Waals surface area contributed by atoms with Gasteiger partial charge in [0.1, 0.15) is 5.75 Å². The molecule has 4 rings (SSSR count). The Bertz CT molecular complexity index is 1600. The summed E-state index contributed by atoms with van der Waals surface area (Å²) in [7, 11) is 1.25. The summed E-state index contributed by atoms with van der Waals surface area (Å²) in [6.07, 6.45) is -4.09. The molecule has 1 aromatic heterocycles. The zero-order chi connectivity index (χ0) is 27.6. The first-order valence-electron chi connectivity index (χ1n) is 11.0. The number of para-hydroxylation sites is 1. The number of nitrogens with zero attached hydrogens (tertiary/aromatic N) is 3. The van der Waals surface area contributed by atoms with E-state index in [4.69, 9.17) is 4.74 Å². The molecular formula is C26H18Br2F3N3O4. The number of benzene rings is 3. The lowest BCUT2D eigenvalue weighted by atomic mass is 10.1. The minimum atomic E-state index is -4.57. The van der Waals surface area contributed by atoms with E-state index in [0.29, 0.717) is 25.8 Å². The van der Waals surface area contributed by atoms with Crippen molar-refractivity contribution in [3.05, 3.63) is 91.1 Å². The van der Waals surface area contributed by atoms with Crippen molar-refractivity contribution in [1.82, 2.24) is 9.66 Å². The summed E-state index contributed by atoms with van der Waals surface area (Å²) >= 11 is 6.78. The number of ether oxygens (including phenoxy) is 2. The van der Waals surface area contributed by atoms with E-state index in [2.05, 4.69) is 46.7 Å². The number of fused-ring (bicyclic) bond motifs is 1. The van der Waals surface area contributed by atoms with Gasteiger partial charge in [0.15, 0.2) is 11.9 Å². The van der Waals surface area contributed by atoms with Gasteiger partial charge in [-0.25, -0.2) is 9.78 Å². The molecule has 0 bridgehead atoms. The van der Waals surface area contributed by atoms with Gasteiger partial charge in [0.05, 0.1) is 38.7 Å². The highest BCUT2D eigenvalue weighted by atomic mass is 79.9. The van der Waals surface area contributed by atoms with Crippen LogP contribution in [0.4, 0.5) is 13.2 Å². The summed E-state index contributed by atoms with van der Waals surface area (Å²) in [4.78, 5) is 29.5. The zero-order valence-electron chi connectivity index (χ0n) is 19.8. The van der Waals surface area contributed by atoms with Crippen molar-refractivity contribution in [2.24, 2.45) is 5.10 Å². The van der Waals surface area contributed by atoms with Gasteiger partial charge in [-0.05, 0) is 80.7 Å². The fourth-order valence-electron chi connectivity index (χ4n) is 3.53. The standard InChI is InChI=1S/C26H18Br2F3N3O4/c1-14(25(36)37-2)38-22-19(27)10-15(11-20(22)28)13-32-34-23(16-6-5-7-17(12-16)26(29,30)31)33-21-9-4-3-8-18(21)24(34)35/h3-14H,1-2H3/t14-/m1/s1. The Morgan fingerprint density at radius 3 is 2.42 bits per heavy atom. The molecule has 12 heteroatoms. The second-order valence-electron chi connectivity index (χ2n) is 7.99. The minimum absolute atomic E-state index is 0.0546. The summed E-state index contributed by atoms with van der Waals surface area (Å²) in [5.41, 5.74) is -0.524. The molecule has 0 fully saturated rings. The molecule has 0 aliphatic rings. The van der Waals surface area contributed by atoms with Gasteiger partial charge in [-0.3, -0.25) is 4.79 Å². The van der Waals surface area contributed by atoms with Crippen molar-refractivity contribution in [2.75, 3.05) is 7.11 Å². The van der Waals surface area contributed by atoms with Gasteiger partial charge < -0.3 is 9.47 Å². The monoisotopic (exact) mass is 651 g/mol. The number of carbonyl (C=O) groups excluding carboxylic acids is 1. The first-order chi connectivity index (χ1) is 18.0. The third-order valence-corrected chi connectivity index (χ3v) is 6.55. The normalized spacial score (nSPS) is 12.6. The number of halogens is 5. The van der Waals surface area contributed by atoms with Crippen LogP contribution in [0, 0.1) is 0 Å². The Morgan fingerprint density at radius 1 is 1.08 bits per heavy atom. The van der Waals surface area contributed by atoms with Crippen LogP contribution >= 0.6 is 31.9 Å². The van der Waals surface area contributed by atoms with Crippen LogP contribution in [-0.2, 0) is 15.7 Å². The number of methoxy groups -OCH3 is 1. The zero-order valence-corrected chi connectivity index (χ0v) is 23.0. The molecule has 0 unspecified atom stereocenters. The van der Waals surface area contributed by atoms with E-state index >= 15 is 0 Å². The molecule has 0 spiro atoms. The van der Waals surface area contributed by atoms with Gasteiger partial charge in [0.2, 0.25) is 0 Å². The van der Waals surface area contributed by atoms with Crippen molar-refractivity contribution in [1.29, 1.82) is 0 Å². The van der Waals surface area contributed by atoms with Gasteiger partial charge in [-0.2, -0.15) is 22.9 Å². The molecule has 1 heterocycles. The molecule has 196 valence electrons. The molecule has 7 nitrogen and oxygen atoms in total. The summed E-state index contributed by atoms with van der Waals surface area (Å²) in [5.74, 6) is -0.268. The van der Waals surface area contributed by atoms with E-state index in [-0.39, 0.29) is 16.8 Å². The Kier molecular flexibility index (Phi) is 8.02. The maximum atomic E-state index is 13.4. The topological polar surface area (TPSA) is 82.8 Å². The number of hydrogen-bond donors (Lipinski definition) is 0. The SMILES string of the molecule is COC(=O)[C@@H](C)Oc1c(Br)cc(C=Nn2c(-c3cccc(C(F)(F)F)c3)nc3ccccc3c2=O)cc1Br. The molecule has 0 N–H and O–H groups in total. The quantitative estimate of drug-likeness (QED) is 0.177. The average Bonchev–Trinajstić information content (AvgIpc) is 2.89. The Hall–Kier alpha value is -3.51. The van der Waals surface area contributed by atoms with E-state index in [1.165, 1.54) is 32.4 Å². The second-order valence-corrected chi connectivity index (χ2v) is 9.70. The molecular weight excluding hydrogens is 635 g/mol. The van der Waals surface area contributed by atoms with Crippen LogP contribution in [0.2, 0.25) is 0 Å². The lowest BCUT2D eigenvalue weighted by Crippen LogP contribution is -2.25. The van der Waals surface area contributed by atoms with Gasteiger partial charge in [-0.15, -0.1) is 0 Å². The molecule has 4 aromatic rings. The van der Waals surface area contributed by atoms with Crippen molar-refractivity contribution >= 4 is 54.9 Å². The van der Waals surface area contributed by atoms with Crippen molar-refractivity contribution in [3.8, 4) is 17.1 Å². The predicted molar refractivity (Wildman–Crippen MR) is 143 cm³/mol. The van der Waals surface area contributed by atoms with E-state index < -0.39 is 29.4 Å². The van der Waals surface area contributed by atoms with E-state index in [0.717, 1.165) is 16.8 Å². The maximum absolute atomic E-state index is 13.4. The number of aromatic nitrogens is 2. The molecule has 3 aromatic carbocycles. The van der Waals surface area contributed by atoms with Crippen molar-refractivity contribution in [3.63, 3.8) is 0 Å². The highest BCUT2D eigenvalue weighted by Gasteiger charge is 2.31. The first-order valence-corrected chi connectivity index (χ1v) is 12.6. The minimum Gasteiger partial charge on any atom is -0.477 e. The molecule has 0 saturated heterocycles. The molecule has 0 aliphatic heterocycles. The summed E-state index contributed by atoms with van der Waals surface area (Å²) in [6.45, 7) is 1.54. The number of carbonyl (C=O) groups is 1. The van der Waals surface area contributed by atoms with Gasteiger partial charge in [0, 0.05) is 5.56 Å². The average molecular weight is 653 g/mol. The molecule has 1 atom stereocenters. The summed E-state index contributed by atoms with van der Waals surface area (Å²) < 4.78 is 52.4. The lowest BCUT2D eigenvalue weighted by Gasteiger charge is -2.15. The van der Waals surface area contributed by atoms with Crippen LogP contribution in [0.3, 0.4) is 0 Å². The third kappa shape index (κ3) is 5.81. The third-order valence-electron chi connectivity index (χ3n) is 5.37. The summed E-state index contributed by atoms with van der Waals surface area (Å²) in [6, 6.07) is 14.3. The van der Waals surface area contributed by atoms with Gasteiger partial charge in [-0.1, -0.05) is 24.3 Å². The van der Waals surface area contributed by atoms with Crippen LogP contribution < -0.4 is 10.3 Å². The Morgan fingerprint density at radius 2 is 1.76 bits per heavy atom. The second kappa shape index (κ2) is 11.1. The van der Waals surface area contributed by atoms with Crippen LogP contribution in [0.15, 0.2) is 79.5 Å². The van der Waals surface area contributed by atoms with Crippen LogP contribution in [-0.4, -0.2) is 35.1 Å². The van der Waals surface area contributed by atoms with Crippen LogP contribution in [0.1, 0.15) is 18.1 Å². The van der Waals surface area contributed by atoms with E-state index in [1.54, 1.807) is 36.4 Å². The highest BCUT2D eigenvalue weighted by molar-refractivity contribution is 9.11. The smallest absolute Gasteiger partial charge is 0.416 e. The van der Waals surface area contributed by atoms with E-state index in [9.17, 15) is 22.8 Å². The van der Waals surface area contributed by atoms with Crippen molar-refractivity contribution in [2.45, 2.75) is 19.2 Å². The van der Waals surface area contributed by atoms with Crippen LogP contribution in [0.25, 0.3) is 22.3 Å². The fourth-order valence-corrected chi connectivity index (χ4v) is 4.94. The molecule has 0 radical (unpaired) electrons. The maximum Gasteiger partial charge on any atom is 0.416 e. The van der Waals surface area contributed by atoms with Crippen LogP contribution in [0.5, 0.6) is 5.75 Å². The fraction of sp³-hybridized carbons (Fsp3) is 0.154. The first kappa shape index (κ1) is 27.5. The van der Waals surface area contributed by atoms with E-state index in [1.807, 2.05) is 0 Å². The lowest BCUT2D eigenvalue weighted by molar-refractivity contribution is -0.148. The molecule has 0 amide bonds.